The fraction of sp³-hybridized carbons (Fsp3) is 0.409. The van der Waals surface area contributed by atoms with Gasteiger partial charge in [-0.3, -0.25) is 9.69 Å². The van der Waals surface area contributed by atoms with E-state index in [1.165, 1.54) is 0 Å². The van der Waals surface area contributed by atoms with Crippen LogP contribution in [0.15, 0.2) is 48.5 Å². The zero-order valence-corrected chi connectivity index (χ0v) is 15.9. The number of hydrogen-bond acceptors (Lipinski definition) is 5. The van der Waals surface area contributed by atoms with Gasteiger partial charge in [-0.25, -0.2) is 0 Å². The van der Waals surface area contributed by atoms with Gasteiger partial charge in [0.15, 0.2) is 5.78 Å². The summed E-state index contributed by atoms with van der Waals surface area (Å²) >= 11 is 0. The summed E-state index contributed by atoms with van der Waals surface area (Å²) in [5.41, 5.74) is 1.59. The fourth-order valence-electron chi connectivity index (χ4n) is 3.57. The van der Waals surface area contributed by atoms with Gasteiger partial charge in [0, 0.05) is 32.6 Å². The van der Waals surface area contributed by atoms with Crippen LogP contribution in [0.5, 0.6) is 11.5 Å². The number of benzene rings is 2. The highest BCUT2D eigenvalue weighted by molar-refractivity contribution is 5.98. The Hall–Kier alpha value is -2.53. The van der Waals surface area contributed by atoms with Crippen LogP contribution in [0, 0.1) is 0 Å². The molecule has 0 saturated carbocycles. The summed E-state index contributed by atoms with van der Waals surface area (Å²) in [6.45, 7) is 5.01. The minimum absolute atomic E-state index is 0.0223. The van der Waals surface area contributed by atoms with Crippen LogP contribution < -0.4 is 9.64 Å². The third-order valence-electron chi connectivity index (χ3n) is 5.13. The minimum atomic E-state index is 0.0223. The molecule has 1 N–H and O–H groups in total. The number of carbonyl (C=O) groups is 1. The number of Topliss-reactive ketones (excluding diaryl/α,β-unsaturated/α-hetero) is 1. The van der Waals surface area contributed by atoms with E-state index in [2.05, 4.69) is 15.9 Å². The lowest BCUT2D eigenvalue weighted by molar-refractivity contribution is 0.0975. The predicted octanol–water partition coefficient (Wildman–Crippen LogP) is 3.58. The number of ketones is 1. The van der Waals surface area contributed by atoms with E-state index in [4.69, 9.17) is 4.74 Å². The van der Waals surface area contributed by atoms with Crippen molar-refractivity contribution in [3.8, 4) is 11.5 Å². The molecule has 2 aromatic carbocycles. The number of phenols is 1. The lowest BCUT2D eigenvalue weighted by atomic mass is 10.0. The van der Waals surface area contributed by atoms with Crippen LogP contribution in [0.2, 0.25) is 0 Å². The van der Waals surface area contributed by atoms with Crippen molar-refractivity contribution >= 4 is 11.5 Å². The molecule has 1 aliphatic heterocycles. The van der Waals surface area contributed by atoms with Crippen molar-refractivity contribution < 1.29 is 14.6 Å². The quantitative estimate of drug-likeness (QED) is 0.570. The van der Waals surface area contributed by atoms with E-state index in [1.54, 1.807) is 31.4 Å². The zero-order chi connectivity index (χ0) is 19.1. The van der Waals surface area contributed by atoms with Crippen LogP contribution in [0.4, 0.5) is 5.69 Å². The maximum absolute atomic E-state index is 12.2. The molecule has 1 heterocycles. The van der Waals surface area contributed by atoms with Crippen LogP contribution in [-0.2, 0) is 0 Å². The van der Waals surface area contributed by atoms with Gasteiger partial charge in [0.2, 0.25) is 0 Å². The normalized spacial score (nSPS) is 14.9. The Morgan fingerprint density at radius 2 is 1.70 bits per heavy atom. The molecule has 0 aromatic heterocycles. The first kappa shape index (κ1) is 19.2. The van der Waals surface area contributed by atoms with Gasteiger partial charge in [0.25, 0.3) is 0 Å². The van der Waals surface area contributed by atoms with Gasteiger partial charge in [-0.1, -0.05) is 24.3 Å². The van der Waals surface area contributed by atoms with Crippen LogP contribution in [-0.4, -0.2) is 55.6 Å². The second-order valence-corrected chi connectivity index (χ2v) is 6.90. The van der Waals surface area contributed by atoms with Crippen molar-refractivity contribution in [3.05, 3.63) is 54.1 Å². The smallest absolute Gasteiger partial charge is 0.166 e. The van der Waals surface area contributed by atoms with Crippen molar-refractivity contribution in [3.63, 3.8) is 0 Å². The first-order chi connectivity index (χ1) is 13.2. The molecular weight excluding hydrogens is 340 g/mol. The van der Waals surface area contributed by atoms with E-state index < -0.39 is 0 Å². The van der Waals surface area contributed by atoms with Crippen LogP contribution in [0.25, 0.3) is 0 Å². The van der Waals surface area contributed by atoms with Crippen molar-refractivity contribution in [1.82, 2.24) is 4.90 Å². The highest BCUT2D eigenvalue weighted by Crippen LogP contribution is 2.28. The first-order valence-corrected chi connectivity index (χ1v) is 9.60. The number of ether oxygens (including phenoxy) is 1. The Morgan fingerprint density at radius 3 is 2.44 bits per heavy atom. The predicted molar refractivity (Wildman–Crippen MR) is 108 cm³/mol. The van der Waals surface area contributed by atoms with E-state index in [0.29, 0.717) is 12.0 Å². The lowest BCUT2D eigenvalue weighted by Crippen LogP contribution is -2.46. The van der Waals surface area contributed by atoms with Gasteiger partial charge < -0.3 is 14.7 Å². The maximum Gasteiger partial charge on any atom is 0.166 e. The Morgan fingerprint density at radius 1 is 1.00 bits per heavy atom. The monoisotopic (exact) mass is 368 g/mol. The van der Waals surface area contributed by atoms with E-state index >= 15 is 0 Å². The summed E-state index contributed by atoms with van der Waals surface area (Å²) < 4.78 is 5.47. The summed E-state index contributed by atoms with van der Waals surface area (Å²) in [5, 5.41) is 9.75. The van der Waals surface area contributed by atoms with Gasteiger partial charge in [-0.05, 0) is 43.7 Å². The summed E-state index contributed by atoms with van der Waals surface area (Å²) in [7, 11) is 1.71. The topological polar surface area (TPSA) is 53.0 Å². The molecule has 0 bridgehead atoms. The number of carbonyl (C=O) groups excluding carboxylic acids is 1. The van der Waals surface area contributed by atoms with Crippen LogP contribution in [0.1, 0.15) is 29.6 Å². The molecule has 1 saturated heterocycles. The van der Waals surface area contributed by atoms with Gasteiger partial charge in [-0.15, -0.1) is 0 Å². The molecule has 1 fully saturated rings. The Labute approximate surface area is 161 Å². The highest BCUT2D eigenvalue weighted by atomic mass is 16.5. The SMILES string of the molecule is COc1ccccc1N1CCN(CCCCC(=O)c2ccccc2O)CC1. The number of anilines is 1. The molecule has 0 atom stereocenters. The molecule has 0 aliphatic carbocycles. The van der Waals surface area contributed by atoms with Crippen LogP contribution >= 0.6 is 0 Å². The third kappa shape index (κ3) is 5.01. The average molecular weight is 368 g/mol. The first-order valence-electron chi connectivity index (χ1n) is 9.60. The molecule has 0 radical (unpaired) electrons. The number of methoxy groups -OCH3 is 1. The standard InChI is InChI=1S/C22H28N2O3/c1-27-22-12-5-3-9-19(22)24-16-14-23(15-17-24)13-7-6-11-21(26)18-8-2-4-10-20(18)25/h2-5,8-10,12,25H,6-7,11,13-17H2,1H3. The minimum Gasteiger partial charge on any atom is -0.507 e. The second kappa shape index (κ2) is 9.42. The molecule has 5 heteroatoms. The molecule has 0 unspecified atom stereocenters. The zero-order valence-electron chi connectivity index (χ0n) is 15.9. The van der Waals surface area contributed by atoms with E-state index in [1.807, 2.05) is 18.2 Å². The van der Waals surface area contributed by atoms with Gasteiger partial charge in [-0.2, -0.15) is 0 Å². The number of rotatable bonds is 8. The molecule has 1 aliphatic rings. The summed E-state index contributed by atoms with van der Waals surface area (Å²) in [6.07, 6.45) is 2.33. The largest absolute Gasteiger partial charge is 0.507 e. The third-order valence-corrected chi connectivity index (χ3v) is 5.13. The molecule has 5 nitrogen and oxygen atoms in total. The van der Waals surface area contributed by atoms with Crippen LogP contribution in [0.3, 0.4) is 0 Å². The average Bonchev–Trinajstić information content (AvgIpc) is 2.72. The maximum atomic E-state index is 12.2. The number of nitrogens with zero attached hydrogens (tertiary/aromatic N) is 2. The summed E-state index contributed by atoms with van der Waals surface area (Å²) in [4.78, 5) is 17.0. The number of hydrogen-bond donors (Lipinski definition) is 1. The van der Waals surface area contributed by atoms with E-state index in [9.17, 15) is 9.90 Å². The van der Waals surface area contributed by atoms with Crippen molar-refractivity contribution in [2.24, 2.45) is 0 Å². The number of piperazine rings is 1. The molecule has 144 valence electrons. The molecule has 3 rings (SSSR count). The lowest BCUT2D eigenvalue weighted by Gasteiger charge is -2.36. The van der Waals surface area contributed by atoms with Crippen molar-refractivity contribution in [2.45, 2.75) is 19.3 Å². The highest BCUT2D eigenvalue weighted by Gasteiger charge is 2.19. The molecule has 0 spiro atoms. The number of aromatic hydroxyl groups is 1. The van der Waals surface area contributed by atoms with Crippen molar-refractivity contribution in [1.29, 1.82) is 0 Å². The van der Waals surface area contributed by atoms with Gasteiger partial charge in [0.05, 0.1) is 18.4 Å². The van der Waals surface area contributed by atoms with Crippen molar-refractivity contribution in [2.75, 3.05) is 44.7 Å². The van der Waals surface area contributed by atoms with Gasteiger partial charge >= 0.3 is 0 Å². The van der Waals surface area contributed by atoms with E-state index in [-0.39, 0.29) is 11.5 Å². The van der Waals surface area contributed by atoms with E-state index in [0.717, 1.165) is 57.0 Å². The van der Waals surface area contributed by atoms with Gasteiger partial charge in [0.1, 0.15) is 11.5 Å². The Kier molecular flexibility index (Phi) is 6.71. The number of para-hydroxylation sites is 3. The Bertz CT molecular complexity index is 755. The second-order valence-electron chi connectivity index (χ2n) is 6.90. The number of phenolic OH excluding ortho intramolecular Hbond substituents is 1. The Balaban J connectivity index is 1.39. The fourth-order valence-corrected chi connectivity index (χ4v) is 3.57. The molecule has 0 amide bonds. The number of unbranched alkanes of at least 4 members (excludes halogenated alkanes) is 1. The molecular formula is C22H28N2O3. The molecule has 2 aromatic rings. The summed E-state index contributed by atoms with van der Waals surface area (Å²) in [5.74, 6) is 1.03. The summed E-state index contributed by atoms with van der Waals surface area (Å²) in [6, 6.07) is 14.9. The molecule has 27 heavy (non-hydrogen) atoms.